The number of carbonyl (C=O) groups is 1. The maximum Gasteiger partial charge on any atom is 0.166 e. The predicted octanol–water partition coefficient (Wildman–Crippen LogP) is 4.62. The van der Waals surface area contributed by atoms with Crippen LogP contribution in [0.25, 0.3) is 11.1 Å². The average Bonchev–Trinajstić information content (AvgIpc) is 2.62. The Hall–Kier alpha value is -1.74. The van der Waals surface area contributed by atoms with Gasteiger partial charge in [0.1, 0.15) is 0 Å². The number of ketones is 1. The van der Waals surface area contributed by atoms with Gasteiger partial charge in [-0.25, -0.2) is 0 Å². The highest BCUT2D eigenvalue weighted by atomic mass is 32.2. The third-order valence-corrected chi connectivity index (χ3v) is 7.62. The van der Waals surface area contributed by atoms with Crippen molar-refractivity contribution in [2.45, 2.75) is 42.6 Å². The maximum atomic E-state index is 12.9. The zero-order valence-electron chi connectivity index (χ0n) is 13.7. The van der Waals surface area contributed by atoms with E-state index in [2.05, 4.69) is 12.1 Å². The molecular weight excluding hydrogens is 316 g/mol. The highest BCUT2D eigenvalue weighted by Crippen LogP contribution is 2.38. The fraction of sp³-hybridized carbons (Fsp3) is 0.381. The Kier molecular flexibility index (Phi) is 4.36. The Labute approximate surface area is 145 Å². The summed E-state index contributed by atoms with van der Waals surface area (Å²) in [5.41, 5.74) is 3.10. The monoisotopic (exact) mass is 338 g/mol. The molecule has 0 radical (unpaired) electrons. The molecule has 2 heterocycles. The topological polar surface area (TPSA) is 34.1 Å². The van der Waals surface area contributed by atoms with Gasteiger partial charge in [-0.1, -0.05) is 61.0 Å². The van der Waals surface area contributed by atoms with Crippen LogP contribution in [0.1, 0.15) is 42.5 Å². The number of carbonyl (C=O) groups excluding carboxylic acids is 1. The lowest BCUT2D eigenvalue weighted by Crippen LogP contribution is -2.41. The van der Waals surface area contributed by atoms with E-state index in [0.717, 1.165) is 36.8 Å². The molecule has 124 valence electrons. The molecule has 0 spiro atoms. The second-order valence-corrected chi connectivity index (χ2v) is 8.97. The Bertz CT molecular complexity index is 735. The summed E-state index contributed by atoms with van der Waals surface area (Å²) in [7, 11) is -0.710. The molecule has 2 bridgehead atoms. The molecule has 0 aliphatic carbocycles. The van der Waals surface area contributed by atoms with Crippen molar-refractivity contribution in [3.63, 3.8) is 0 Å². The van der Waals surface area contributed by atoms with Gasteiger partial charge in [0, 0.05) is 32.8 Å². The smallest absolute Gasteiger partial charge is 0.166 e. The Balaban J connectivity index is 1.52. The van der Waals surface area contributed by atoms with Crippen molar-refractivity contribution in [1.82, 2.24) is 0 Å². The molecular formula is C21H22O2S. The lowest BCUT2D eigenvalue weighted by molar-refractivity contribution is 0.0895. The van der Waals surface area contributed by atoms with Crippen LogP contribution in [0.3, 0.4) is 0 Å². The first-order valence-electron chi connectivity index (χ1n) is 8.81. The first kappa shape index (κ1) is 15.8. The van der Waals surface area contributed by atoms with E-state index in [1.165, 1.54) is 12.0 Å². The standard InChI is InChI=1S/C21H22O2S/c22-21(18-13-19-7-4-8-20(14-18)24(19)23)17-11-9-16(10-12-17)15-5-2-1-3-6-15/h1-3,5-6,9-12,18-20H,4,7-8,13-14H2. The molecule has 0 N–H and O–H groups in total. The van der Waals surface area contributed by atoms with Gasteiger partial charge in [0.15, 0.2) is 5.78 Å². The summed E-state index contributed by atoms with van der Waals surface area (Å²) in [6, 6.07) is 18.2. The molecule has 24 heavy (non-hydrogen) atoms. The number of Topliss-reactive ketones (excluding diaryl/α,β-unsaturated/α-hetero) is 1. The van der Waals surface area contributed by atoms with Gasteiger partial charge in [0.2, 0.25) is 0 Å². The molecule has 0 amide bonds. The lowest BCUT2D eigenvalue weighted by Gasteiger charge is -2.37. The first-order valence-corrected chi connectivity index (χ1v) is 10.1. The van der Waals surface area contributed by atoms with E-state index in [1.807, 2.05) is 42.5 Å². The molecule has 2 aliphatic rings. The van der Waals surface area contributed by atoms with E-state index in [9.17, 15) is 9.00 Å². The molecule has 2 saturated heterocycles. The summed E-state index contributed by atoms with van der Waals surface area (Å²) >= 11 is 0. The van der Waals surface area contributed by atoms with Crippen LogP contribution < -0.4 is 0 Å². The van der Waals surface area contributed by atoms with Gasteiger partial charge in [-0.15, -0.1) is 0 Å². The van der Waals surface area contributed by atoms with Crippen molar-refractivity contribution >= 4 is 16.6 Å². The van der Waals surface area contributed by atoms with E-state index in [1.54, 1.807) is 0 Å². The van der Waals surface area contributed by atoms with Crippen molar-refractivity contribution in [2.75, 3.05) is 0 Å². The van der Waals surface area contributed by atoms with Crippen LogP contribution in [0.4, 0.5) is 0 Å². The minimum Gasteiger partial charge on any atom is -0.294 e. The fourth-order valence-corrected chi connectivity index (χ4v) is 6.33. The van der Waals surface area contributed by atoms with Gasteiger partial charge in [-0.2, -0.15) is 0 Å². The largest absolute Gasteiger partial charge is 0.294 e. The van der Waals surface area contributed by atoms with Crippen LogP contribution in [0, 0.1) is 5.92 Å². The second-order valence-electron chi connectivity index (χ2n) is 6.98. The molecule has 2 atom stereocenters. The zero-order chi connectivity index (χ0) is 16.5. The SMILES string of the molecule is O=C(c1ccc(-c2ccccc2)cc1)C1CC2CCCC(C1)S2=O. The minimum atomic E-state index is -0.710. The molecule has 2 unspecified atom stereocenters. The molecule has 2 aromatic carbocycles. The van der Waals surface area contributed by atoms with E-state index >= 15 is 0 Å². The number of rotatable bonds is 3. The molecule has 2 aromatic rings. The van der Waals surface area contributed by atoms with E-state index < -0.39 is 10.8 Å². The number of hydrogen-bond acceptors (Lipinski definition) is 2. The number of fused-ring (bicyclic) bond motifs is 2. The Morgan fingerprint density at radius 1 is 0.833 bits per heavy atom. The minimum absolute atomic E-state index is 0.0561. The third kappa shape index (κ3) is 2.98. The van der Waals surface area contributed by atoms with Crippen molar-refractivity contribution in [1.29, 1.82) is 0 Å². The number of hydrogen-bond donors (Lipinski definition) is 0. The van der Waals surface area contributed by atoms with Gasteiger partial charge in [-0.05, 0) is 36.8 Å². The highest BCUT2D eigenvalue weighted by Gasteiger charge is 2.40. The van der Waals surface area contributed by atoms with E-state index in [-0.39, 0.29) is 22.2 Å². The van der Waals surface area contributed by atoms with Crippen LogP contribution in [-0.2, 0) is 10.8 Å². The van der Waals surface area contributed by atoms with E-state index in [0.29, 0.717) is 0 Å². The predicted molar refractivity (Wildman–Crippen MR) is 98.5 cm³/mol. The van der Waals surface area contributed by atoms with Gasteiger partial charge < -0.3 is 0 Å². The van der Waals surface area contributed by atoms with Crippen molar-refractivity contribution in [3.8, 4) is 11.1 Å². The van der Waals surface area contributed by atoms with Crippen LogP contribution in [-0.4, -0.2) is 20.5 Å². The van der Waals surface area contributed by atoms with Crippen molar-refractivity contribution < 1.29 is 9.00 Å². The molecule has 2 fully saturated rings. The molecule has 0 saturated carbocycles. The van der Waals surface area contributed by atoms with Gasteiger partial charge in [-0.3, -0.25) is 9.00 Å². The summed E-state index contributed by atoms with van der Waals surface area (Å²) in [6.07, 6.45) is 4.85. The quantitative estimate of drug-likeness (QED) is 0.766. The highest BCUT2D eigenvalue weighted by molar-refractivity contribution is 7.86. The molecule has 2 nitrogen and oxygen atoms in total. The fourth-order valence-electron chi connectivity index (χ4n) is 4.14. The number of benzene rings is 2. The van der Waals surface area contributed by atoms with Crippen LogP contribution in [0.5, 0.6) is 0 Å². The Morgan fingerprint density at radius 2 is 1.42 bits per heavy atom. The molecule has 3 heteroatoms. The summed E-state index contributed by atoms with van der Waals surface area (Å²) in [5, 5.41) is 0.491. The third-order valence-electron chi connectivity index (χ3n) is 5.45. The van der Waals surface area contributed by atoms with Crippen molar-refractivity contribution in [2.24, 2.45) is 5.92 Å². The maximum absolute atomic E-state index is 12.9. The zero-order valence-corrected chi connectivity index (χ0v) is 14.5. The van der Waals surface area contributed by atoms with Crippen molar-refractivity contribution in [3.05, 3.63) is 60.2 Å². The van der Waals surface area contributed by atoms with Crippen LogP contribution in [0.15, 0.2) is 54.6 Å². The average molecular weight is 338 g/mol. The summed E-state index contributed by atoms with van der Waals surface area (Å²) in [6.45, 7) is 0. The van der Waals surface area contributed by atoms with Crippen LogP contribution >= 0.6 is 0 Å². The normalized spacial score (nSPS) is 29.2. The van der Waals surface area contributed by atoms with Gasteiger partial charge >= 0.3 is 0 Å². The summed E-state index contributed by atoms with van der Waals surface area (Å²) in [4.78, 5) is 12.9. The Morgan fingerprint density at radius 3 is 2.04 bits per heavy atom. The molecule has 4 rings (SSSR count). The van der Waals surface area contributed by atoms with Gasteiger partial charge in [0.05, 0.1) is 0 Å². The summed E-state index contributed by atoms with van der Waals surface area (Å²) in [5.74, 6) is 0.295. The summed E-state index contributed by atoms with van der Waals surface area (Å²) < 4.78 is 12.3. The first-order chi connectivity index (χ1) is 11.7. The van der Waals surface area contributed by atoms with Crippen LogP contribution in [0.2, 0.25) is 0 Å². The molecule has 2 aliphatic heterocycles. The van der Waals surface area contributed by atoms with E-state index in [4.69, 9.17) is 0 Å². The molecule has 0 aromatic heterocycles. The van der Waals surface area contributed by atoms with Gasteiger partial charge in [0.25, 0.3) is 0 Å². The second kappa shape index (κ2) is 6.64. The lowest BCUT2D eigenvalue weighted by atomic mass is 9.84.